The minimum absolute atomic E-state index is 0.00312. The number of nitrogens with two attached hydrogens (primary N) is 1. The highest BCUT2D eigenvalue weighted by atomic mass is 19.1. The van der Waals surface area contributed by atoms with Crippen molar-refractivity contribution in [2.75, 3.05) is 18.4 Å². The third-order valence-corrected chi connectivity index (χ3v) is 6.91. The number of rotatable bonds is 10. The summed E-state index contributed by atoms with van der Waals surface area (Å²) < 4.78 is 28.3. The van der Waals surface area contributed by atoms with Crippen LogP contribution in [0.15, 0.2) is 76.8 Å². The zero-order chi connectivity index (χ0) is 28.0. The van der Waals surface area contributed by atoms with Gasteiger partial charge in [0.15, 0.2) is 0 Å². The van der Waals surface area contributed by atoms with Crippen molar-refractivity contribution >= 4 is 23.9 Å². The Morgan fingerprint density at radius 2 is 1.97 bits per heavy atom. The van der Waals surface area contributed by atoms with Crippen LogP contribution < -0.4 is 21.7 Å². The van der Waals surface area contributed by atoms with E-state index >= 15 is 0 Å². The third kappa shape index (κ3) is 7.38. The van der Waals surface area contributed by atoms with E-state index in [1.807, 2.05) is 6.20 Å². The molecule has 2 aliphatic rings. The van der Waals surface area contributed by atoms with Crippen molar-refractivity contribution in [2.45, 2.75) is 57.0 Å². The summed E-state index contributed by atoms with van der Waals surface area (Å²) in [6.45, 7) is 13.2. The van der Waals surface area contributed by atoms with Crippen LogP contribution in [0.1, 0.15) is 56.6 Å². The van der Waals surface area contributed by atoms with E-state index in [4.69, 9.17) is 10.7 Å². The SMILES string of the molecule is C=Nc1cncc(C2CC2)c1C(=NCC(/C=C\N)=C/C(=C)Nc1c(F)cccc1F)NC1CCNC(C)(C)C1. The molecule has 1 aromatic carbocycles. The summed E-state index contributed by atoms with van der Waals surface area (Å²) in [4.78, 5) is 13.7. The summed E-state index contributed by atoms with van der Waals surface area (Å²) in [5.74, 6) is -0.266. The summed E-state index contributed by atoms with van der Waals surface area (Å²) in [6, 6.07) is 3.89. The predicted molar refractivity (Wildman–Crippen MR) is 156 cm³/mol. The maximum atomic E-state index is 14.1. The lowest BCUT2D eigenvalue weighted by Crippen LogP contribution is -2.53. The molecule has 2 fully saturated rings. The number of hydrogen-bond acceptors (Lipinski definition) is 6. The second kappa shape index (κ2) is 12.3. The van der Waals surface area contributed by atoms with Crippen LogP contribution in [0.25, 0.3) is 0 Å². The van der Waals surface area contributed by atoms with Gasteiger partial charge in [-0.05, 0) is 100 Å². The van der Waals surface area contributed by atoms with Crippen LogP contribution in [0, 0.1) is 11.6 Å². The second-order valence-electron chi connectivity index (χ2n) is 10.7. The van der Waals surface area contributed by atoms with Gasteiger partial charge in [0.05, 0.1) is 18.4 Å². The van der Waals surface area contributed by atoms with Crippen LogP contribution in [-0.2, 0) is 0 Å². The number of allylic oxidation sites excluding steroid dienone is 1. The molecule has 1 saturated heterocycles. The van der Waals surface area contributed by atoms with Crippen molar-refractivity contribution in [3.8, 4) is 0 Å². The summed E-state index contributed by atoms with van der Waals surface area (Å²) >= 11 is 0. The first kappa shape index (κ1) is 28.2. The number of anilines is 1. The molecule has 9 heteroatoms. The zero-order valence-corrected chi connectivity index (χ0v) is 22.6. The van der Waals surface area contributed by atoms with Crippen LogP contribution in [0.3, 0.4) is 0 Å². The molecule has 0 spiro atoms. The molecule has 2 heterocycles. The maximum absolute atomic E-state index is 14.1. The highest BCUT2D eigenvalue weighted by molar-refractivity contribution is 6.05. The van der Waals surface area contributed by atoms with Gasteiger partial charge in [0.25, 0.3) is 0 Å². The first-order chi connectivity index (χ1) is 18.7. The highest BCUT2D eigenvalue weighted by Crippen LogP contribution is 2.43. The molecule has 7 nitrogen and oxygen atoms in total. The number of nitrogens with one attached hydrogen (secondary N) is 3. The lowest BCUT2D eigenvalue weighted by Gasteiger charge is -2.37. The fourth-order valence-electron chi connectivity index (χ4n) is 4.91. The summed E-state index contributed by atoms with van der Waals surface area (Å²) in [5.41, 5.74) is 9.17. The van der Waals surface area contributed by atoms with Crippen molar-refractivity contribution in [1.82, 2.24) is 15.6 Å². The molecule has 0 radical (unpaired) electrons. The number of para-hydroxylation sites is 1. The number of hydrogen-bond donors (Lipinski definition) is 4. The Morgan fingerprint density at radius 1 is 1.23 bits per heavy atom. The summed E-state index contributed by atoms with van der Waals surface area (Å²) in [7, 11) is 0. The van der Waals surface area contributed by atoms with E-state index in [0.717, 1.165) is 49.2 Å². The molecule has 1 aliphatic carbocycles. The molecular weight excluding hydrogens is 496 g/mol. The molecule has 2 aromatic rings. The number of aromatic nitrogens is 1. The zero-order valence-electron chi connectivity index (χ0n) is 22.6. The molecule has 4 rings (SSSR count). The first-order valence-electron chi connectivity index (χ1n) is 13.2. The van der Waals surface area contributed by atoms with Gasteiger partial charge in [-0.15, -0.1) is 0 Å². The minimum atomic E-state index is -0.704. The van der Waals surface area contributed by atoms with Crippen LogP contribution in [0.2, 0.25) is 0 Å². The number of aliphatic imine (C=N–C) groups is 2. The molecular formula is C30H37F2N7. The van der Waals surface area contributed by atoms with Crippen molar-refractivity contribution in [2.24, 2.45) is 15.7 Å². The molecule has 39 heavy (non-hydrogen) atoms. The van der Waals surface area contributed by atoms with E-state index in [1.165, 1.54) is 24.4 Å². The van der Waals surface area contributed by atoms with E-state index in [1.54, 1.807) is 18.3 Å². The van der Waals surface area contributed by atoms with E-state index < -0.39 is 11.6 Å². The summed E-state index contributed by atoms with van der Waals surface area (Å²) in [5, 5.41) is 9.98. The second-order valence-corrected chi connectivity index (χ2v) is 10.7. The van der Waals surface area contributed by atoms with E-state index in [-0.39, 0.29) is 23.8 Å². The number of piperidine rings is 1. The molecule has 0 bridgehead atoms. The Morgan fingerprint density at radius 3 is 2.62 bits per heavy atom. The fraction of sp³-hybridized carbons (Fsp3) is 0.367. The largest absolute Gasteiger partial charge is 0.405 e. The maximum Gasteiger partial charge on any atom is 0.149 e. The fourth-order valence-corrected chi connectivity index (χ4v) is 4.91. The number of pyridine rings is 1. The monoisotopic (exact) mass is 533 g/mol. The minimum Gasteiger partial charge on any atom is -0.405 e. The number of amidine groups is 1. The molecule has 1 atom stereocenters. The third-order valence-electron chi connectivity index (χ3n) is 6.91. The van der Waals surface area contributed by atoms with Gasteiger partial charge in [0.1, 0.15) is 23.2 Å². The normalized spacial score (nSPS) is 19.6. The van der Waals surface area contributed by atoms with Gasteiger partial charge in [-0.25, -0.2) is 8.78 Å². The average Bonchev–Trinajstić information content (AvgIpc) is 3.73. The van der Waals surface area contributed by atoms with Crippen molar-refractivity contribution in [1.29, 1.82) is 0 Å². The van der Waals surface area contributed by atoms with Crippen molar-refractivity contribution in [3.05, 3.63) is 89.6 Å². The van der Waals surface area contributed by atoms with Crippen LogP contribution in [-0.4, -0.2) is 42.2 Å². The molecule has 1 aromatic heterocycles. The van der Waals surface area contributed by atoms with E-state index in [0.29, 0.717) is 22.9 Å². The van der Waals surface area contributed by atoms with Crippen LogP contribution in [0.4, 0.5) is 20.2 Å². The lowest BCUT2D eigenvalue weighted by molar-refractivity contribution is 0.264. The molecule has 5 N–H and O–H groups in total. The average molecular weight is 534 g/mol. The van der Waals surface area contributed by atoms with Crippen molar-refractivity contribution < 1.29 is 8.78 Å². The molecule has 206 valence electrons. The Balaban J connectivity index is 1.67. The Hall–Kier alpha value is -3.85. The van der Waals surface area contributed by atoms with Gasteiger partial charge in [0, 0.05) is 29.0 Å². The van der Waals surface area contributed by atoms with Gasteiger partial charge < -0.3 is 21.7 Å². The quantitative estimate of drug-likeness (QED) is 0.185. The smallest absolute Gasteiger partial charge is 0.149 e. The van der Waals surface area contributed by atoms with Crippen molar-refractivity contribution in [3.63, 3.8) is 0 Å². The Kier molecular flexibility index (Phi) is 8.91. The predicted octanol–water partition coefficient (Wildman–Crippen LogP) is 5.46. The van der Waals surface area contributed by atoms with Gasteiger partial charge >= 0.3 is 0 Å². The van der Waals surface area contributed by atoms with Gasteiger partial charge in [-0.1, -0.05) is 12.6 Å². The molecule has 1 saturated carbocycles. The van der Waals surface area contributed by atoms with Crippen LogP contribution >= 0.6 is 0 Å². The van der Waals surface area contributed by atoms with Gasteiger partial charge in [0.2, 0.25) is 0 Å². The molecule has 1 unspecified atom stereocenters. The molecule has 0 amide bonds. The Labute approximate surface area is 229 Å². The number of halogens is 2. The molecule has 1 aliphatic heterocycles. The van der Waals surface area contributed by atoms with Crippen LogP contribution in [0.5, 0.6) is 0 Å². The topological polar surface area (TPSA) is 99.7 Å². The Bertz CT molecular complexity index is 1290. The highest BCUT2D eigenvalue weighted by Gasteiger charge is 2.32. The standard InChI is InChI=1S/C30H37F2N7/c1-19(38-28-24(31)6-5-7-25(28)32)14-20(10-12-33)16-36-29(39-22-11-13-37-30(2,3)15-22)27-23(21-8-9-21)17-35-18-26(27)34-4/h5-7,10,12,14,17-18,21-22,37-38H,1,4,8-9,11,13,15-16,33H2,2-3H3,(H,36,39)/b12-10-,20-14+. The first-order valence-corrected chi connectivity index (χ1v) is 13.2. The van der Waals surface area contributed by atoms with Gasteiger partial charge in [-0.2, -0.15) is 0 Å². The summed E-state index contributed by atoms with van der Waals surface area (Å²) in [6.07, 6.45) is 12.4. The number of nitrogens with zero attached hydrogens (tertiary/aromatic N) is 3. The number of benzene rings is 1. The van der Waals surface area contributed by atoms with E-state index in [2.05, 4.69) is 53.1 Å². The van der Waals surface area contributed by atoms with Gasteiger partial charge in [-0.3, -0.25) is 15.0 Å². The lowest BCUT2D eigenvalue weighted by atomic mass is 9.89. The van der Waals surface area contributed by atoms with E-state index in [9.17, 15) is 8.78 Å².